The minimum atomic E-state index is -0.739. The molecule has 1 aliphatic rings. The standard InChI is InChI=1S/C22H19F3N2O2/c23-15-5-3-14(4-6-15)22(13-1-2-13)27-20(28)9-10-21-26-12-19(29-21)17-8-7-16(24)11-18(17)25/h3-8,11-13,22H,1-2,9-10H2,(H,27,28). The number of nitrogens with one attached hydrogen (secondary N) is 1. The molecule has 0 aliphatic heterocycles. The van der Waals surface area contributed by atoms with E-state index in [0.717, 1.165) is 30.5 Å². The first-order chi connectivity index (χ1) is 14.0. The van der Waals surface area contributed by atoms with Crippen molar-refractivity contribution >= 4 is 5.91 Å². The molecule has 0 radical (unpaired) electrons. The first kappa shape index (κ1) is 19.2. The Hall–Kier alpha value is -3.09. The maximum atomic E-state index is 13.9. The highest BCUT2D eigenvalue weighted by atomic mass is 19.1. The van der Waals surface area contributed by atoms with Crippen LogP contribution in [0.2, 0.25) is 0 Å². The summed E-state index contributed by atoms with van der Waals surface area (Å²) in [5, 5.41) is 3.01. The highest BCUT2D eigenvalue weighted by Crippen LogP contribution is 2.41. The fourth-order valence-electron chi connectivity index (χ4n) is 3.28. The van der Waals surface area contributed by atoms with Crippen molar-refractivity contribution in [2.24, 2.45) is 5.92 Å². The van der Waals surface area contributed by atoms with Gasteiger partial charge in [0.05, 0.1) is 17.8 Å². The lowest BCUT2D eigenvalue weighted by molar-refractivity contribution is -0.122. The molecule has 2 aromatic carbocycles. The number of benzene rings is 2. The van der Waals surface area contributed by atoms with Gasteiger partial charge >= 0.3 is 0 Å². The lowest BCUT2D eigenvalue weighted by Crippen LogP contribution is -2.30. The summed E-state index contributed by atoms with van der Waals surface area (Å²) >= 11 is 0. The minimum Gasteiger partial charge on any atom is -0.441 e. The lowest BCUT2D eigenvalue weighted by Gasteiger charge is -2.18. The zero-order valence-electron chi connectivity index (χ0n) is 15.5. The average molecular weight is 400 g/mol. The van der Waals surface area contributed by atoms with Crippen molar-refractivity contribution in [3.8, 4) is 11.3 Å². The second-order valence-electron chi connectivity index (χ2n) is 7.18. The molecule has 3 aromatic rings. The van der Waals surface area contributed by atoms with Crippen LogP contribution in [0.1, 0.15) is 36.8 Å². The summed E-state index contributed by atoms with van der Waals surface area (Å²) in [7, 11) is 0. The van der Waals surface area contributed by atoms with Crippen LogP contribution in [0.4, 0.5) is 13.2 Å². The molecule has 0 bridgehead atoms. The van der Waals surface area contributed by atoms with Gasteiger partial charge in [-0.2, -0.15) is 0 Å². The van der Waals surface area contributed by atoms with Gasteiger partial charge in [-0.1, -0.05) is 12.1 Å². The van der Waals surface area contributed by atoms with Crippen molar-refractivity contribution in [1.82, 2.24) is 10.3 Å². The van der Waals surface area contributed by atoms with E-state index in [1.807, 2.05) is 0 Å². The predicted molar refractivity (Wildman–Crippen MR) is 100 cm³/mol. The van der Waals surface area contributed by atoms with Gasteiger partial charge in [0.25, 0.3) is 0 Å². The Balaban J connectivity index is 1.37. The van der Waals surface area contributed by atoms with Crippen LogP contribution in [0.5, 0.6) is 0 Å². The molecule has 1 fully saturated rings. The third kappa shape index (κ3) is 4.67. The number of rotatable bonds is 7. The van der Waals surface area contributed by atoms with Crippen molar-refractivity contribution in [3.63, 3.8) is 0 Å². The van der Waals surface area contributed by atoms with Crippen LogP contribution >= 0.6 is 0 Å². The third-order valence-electron chi connectivity index (χ3n) is 4.96. The smallest absolute Gasteiger partial charge is 0.221 e. The Morgan fingerprint density at radius 1 is 1.10 bits per heavy atom. The van der Waals surface area contributed by atoms with Crippen LogP contribution in [0, 0.1) is 23.4 Å². The summed E-state index contributed by atoms with van der Waals surface area (Å²) in [5.41, 5.74) is 0.993. The topological polar surface area (TPSA) is 55.1 Å². The fraction of sp³-hybridized carbons (Fsp3) is 0.273. The number of oxazole rings is 1. The third-order valence-corrected chi connectivity index (χ3v) is 4.96. The maximum Gasteiger partial charge on any atom is 0.221 e. The van der Waals surface area contributed by atoms with E-state index in [2.05, 4.69) is 10.3 Å². The SMILES string of the molecule is O=C(CCc1ncc(-c2ccc(F)cc2F)o1)NC(c1ccc(F)cc1)C1CC1. The van der Waals surface area contributed by atoms with E-state index in [9.17, 15) is 18.0 Å². The molecule has 150 valence electrons. The average Bonchev–Trinajstić information content (AvgIpc) is 3.43. The van der Waals surface area contributed by atoms with Crippen LogP contribution in [0.25, 0.3) is 11.3 Å². The first-order valence-corrected chi connectivity index (χ1v) is 9.44. The summed E-state index contributed by atoms with van der Waals surface area (Å²) in [5.74, 6) is -1.06. The fourth-order valence-corrected chi connectivity index (χ4v) is 3.28. The Labute approximate surface area is 165 Å². The van der Waals surface area contributed by atoms with E-state index in [4.69, 9.17) is 4.42 Å². The van der Waals surface area contributed by atoms with E-state index >= 15 is 0 Å². The molecule has 29 heavy (non-hydrogen) atoms. The number of aromatic nitrogens is 1. The Kier molecular flexibility index (Phi) is 5.38. The summed E-state index contributed by atoms with van der Waals surface area (Å²) in [6, 6.07) is 9.22. The molecule has 1 amide bonds. The molecular weight excluding hydrogens is 381 g/mol. The van der Waals surface area contributed by atoms with Gasteiger partial charge in [-0.3, -0.25) is 4.79 Å². The Morgan fingerprint density at radius 3 is 2.52 bits per heavy atom. The van der Waals surface area contributed by atoms with Crippen LogP contribution in [-0.2, 0) is 11.2 Å². The number of amides is 1. The second-order valence-corrected chi connectivity index (χ2v) is 7.18. The number of hydrogen-bond acceptors (Lipinski definition) is 3. The highest BCUT2D eigenvalue weighted by molar-refractivity contribution is 5.76. The van der Waals surface area contributed by atoms with Crippen LogP contribution in [-0.4, -0.2) is 10.9 Å². The van der Waals surface area contributed by atoms with Gasteiger partial charge in [0.15, 0.2) is 11.7 Å². The largest absolute Gasteiger partial charge is 0.441 e. The van der Waals surface area contributed by atoms with Crippen LogP contribution in [0.3, 0.4) is 0 Å². The number of aryl methyl sites for hydroxylation is 1. The molecule has 4 nitrogen and oxygen atoms in total. The van der Waals surface area contributed by atoms with Crippen molar-refractivity contribution in [2.45, 2.75) is 31.7 Å². The molecule has 1 aliphatic carbocycles. The van der Waals surface area contributed by atoms with Crippen molar-refractivity contribution in [1.29, 1.82) is 0 Å². The van der Waals surface area contributed by atoms with Gasteiger partial charge < -0.3 is 9.73 Å². The molecule has 1 atom stereocenters. The molecule has 0 saturated heterocycles. The Morgan fingerprint density at radius 2 is 1.83 bits per heavy atom. The zero-order valence-corrected chi connectivity index (χ0v) is 15.5. The van der Waals surface area contributed by atoms with E-state index < -0.39 is 11.6 Å². The summed E-state index contributed by atoms with van der Waals surface area (Å²) in [6.45, 7) is 0. The first-order valence-electron chi connectivity index (χ1n) is 9.44. The van der Waals surface area contributed by atoms with Gasteiger partial charge in [-0.05, 0) is 48.6 Å². The van der Waals surface area contributed by atoms with E-state index in [1.54, 1.807) is 12.1 Å². The number of nitrogens with zero attached hydrogens (tertiary/aromatic N) is 1. The van der Waals surface area contributed by atoms with Gasteiger partial charge in [0.1, 0.15) is 17.5 Å². The minimum absolute atomic E-state index is 0.111. The van der Waals surface area contributed by atoms with Crippen molar-refractivity contribution in [2.75, 3.05) is 0 Å². The van der Waals surface area contributed by atoms with Gasteiger partial charge in [-0.15, -0.1) is 0 Å². The van der Waals surface area contributed by atoms with Gasteiger partial charge in [-0.25, -0.2) is 18.2 Å². The van der Waals surface area contributed by atoms with Crippen LogP contribution < -0.4 is 5.32 Å². The molecule has 1 aromatic heterocycles. The quantitative estimate of drug-likeness (QED) is 0.610. The molecule has 4 rings (SSSR count). The van der Waals surface area contributed by atoms with Crippen molar-refractivity contribution in [3.05, 3.63) is 77.6 Å². The molecule has 1 unspecified atom stereocenters. The maximum absolute atomic E-state index is 13.9. The summed E-state index contributed by atoms with van der Waals surface area (Å²) in [4.78, 5) is 16.5. The molecule has 1 heterocycles. The summed E-state index contributed by atoms with van der Waals surface area (Å²) < 4.78 is 45.6. The molecule has 1 saturated carbocycles. The monoisotopic (exact) mass is 400 g/mol. The van der Waals surface area contributed by atoms with Gasteiger partial charge in [0.2, 0.25) is 5.91 Å². The number of carbonyl (C=O) groups is 1. The van der Waals surface area contributed by atoms with Crippen molar-refractivity contribution < 1.29 is 22.4 Å². The molecule has 0 spiro atoms. The number of carbonyl (C=O) groups excluding carboxylic acids is 1. The molecule has 7 heteroatoms. The molecule has 1 N–H and O–H groups in total. The number of hydrogen-bond donors (Lipinski definition) is 1. The number of halogens is 3. The Bertz CT molecular complexity index is 1010. The second kappa shape index (κ2) is 8.11. The van der Waals surface area contributed by atoms with E-state index in [1.165, 1.54) is 24.4 Å². The highest BCUT2D eigenvalue weighted by Gasteiger charge is 2.33. The lowest BCUT2D eigenvalue weighted by atomic mass is 10.0. The van der Waals surface area contributed by atoms with E-state index in [-0.39, 0.29) is 41.9 Å². The summed E-state index contributed by atoms with van der Waals surface area (Å²) in [6.07, 6.45) is 3.80. The zero-order chi connectivity index (χ0) is 20.4. The predicted octanol–water partition coefficient (Wildman–Crippen LogP) is 4.96. The van der Waals surface area contributed by atoms with Crippen LogP contribution in [0.15, 0.2) is 53.1 Å². The van der Waals surface area contributed by atoms with E-state index in [0.29, 0.717) is 11.8 Å². The van der Waals surface area contributed by atoms with Gasteiger partial charge in [0, 0.05) is 18.9 Å². The normalized spacial score (nSPS) is 14.6. The molecular formula is C22H19F3N2O2.